The van der Waals surface area contributed by atoms with E-state index in [1.807, 2.05) is 32.3 Å². The lowest BCUT2D eigenvalue weighted by Crippen LogP contribution is -2.43. The largest absolute Gasteiger partial charge is 0.494 e. The number of aromatic nitrogens is 2. The fourth-order valence-corrected chi connectivity index (χ4v) is 4.20. The van der Waals surface area contributed by atoms with Gasteiger partial charge >= 0.3 is 0 Å². The standard InChI is InChI=1S/C23H29N7O2/c1-14-20(24)15(12-25-2)11-18(22(14)32-4)27-23(31)16-5-6-19(30-9-7-26-8-10-30)17-13-29(3)28-21(16)17/h5-6,11-13,26H,7-10,24H2,1-4H3,(H,27,31). The van der Waals surface area contributed by atoms with Gasteiger partial charge in [-0.3, -0.25) is 14.5 Å². The predicted octanol–water partition coefficient (Wildman–Crippen LogP) is 2.18. The molecule has 0 bridgehead atoms. The summed E-state index contributed by atoms with van der Waals surface area (Å²) >= 11 is 0. The summed E-state index contributed by atoms with van der Waals surface area (Å²) in [4.78, 5) is 19.7. The van der Waals surface area contributed by atoms with Crippen LogP contribution >= 0.6 is 0 Å². The zero-order valence-corrected chi connectivity index (χ0v) is 18.9. The van der Waals surface area contributed by atoms with Gasteiger partial charge in [0.15, 0.2) is 0 Å². The van der Waals surface area contributed by atoms with Crippen LogP contribution in [0.4, 0.5) is 17.1 Å². The summed E-state index contributed by atoms with van der Waals surface area (Å²) in [5.74, 6) is 0.265. The number of aliphatic imine (C=N–C) groups is 1. The fraction of sp³-hybridized carbons (Fsp3) is 0.348. The van der Waals surface area contributed by atoms with Gasteiger partial charge in [0, 0.05) is 80.6 Å². The van der Waals surface area contributed by atoms with Crippen molar-refractivity contribution < 1.29 is 9.53 Å². The molecule has 9 nitrogen and oxygen atoms in total. The second-order valence-corrected chi connectivity index (χ2v) is 7.86. The molecule has 0 spiro atoms. The number of nitrogens with zero attached hydrogens (tertiary/aromatic N) is 4. The Bertz CT molecular complexity index is 1190. The lowest BCUT2D eigenvalue weighted by atomic mass is 10.0. The molecule has 9 heteroatoms. The smallest absolute Gasteiger partial charge is 0.258 e. The highest BCUT2D eigenvalue weighted by Crippen LogP contribution is 2.36. The second kappa shape index (κ2) is 8.88. The van der Waals surface area contributed by atoms with Crippen LogP contribution in [0.15, 0.2) is 29.4 Å². The number of hydrogen-bond donors (Lipinski definition) is 3. The number of aryl methyl sites for hydroxylation is 1. The Morgan fingerprint density at radius 2 is 2.09 bits per heavy atom. The number of methoxy groups -OCH3 is 1. The van der Waals surface area contributed by atoms with Crippen molar-refractivity contribution in [1.82, 2.24) is 15.1 Å². The van der Waals surface area contributed by atoms with Crippen LogP contribution in [0, 0.1) is 6.92 Å². The first-order chi connectivity index (χ1) is 15.4. The number of nitrogen functional groups attached to an aromatic ring is 1. The van der Waals surface area contributed by atoms with Crippen molar-refractivity contribution >= 4 is 40.1 Å². The zero-order valence-electron chi connectivity index (χ0n) is 18.9. The van der Waals surface area contributed by atoms with E-state index in [2.05, 4.69) is 25.6 Å². The Labute approximate surface area is 187 Å². The predicted molar refractivity (Wildman–Crippen MR) is 129 cm³/mol. The van der Waals surface area contributed by atoms with Gasteiger partial charge in [0.25, 0.3) is 5.91 Å². The summed E-state index contributed by atoms with van der Waals surface area (Å²) in [5, 5.41) is 11.9. The third-order valence-electron chi connectivity index (χ3n) is 5.79. The van der Waals surface area contributed by atoms with Gasteiger partial charge in [-0.15, -0.1) is 0 Å². The zero-order chi connectivity index (χ0) is 22.8. The first kappa shape index (κ1) is 21.6. The molecule has 0 aliphatic carbocycles. The third kappa shape index (κ3) is 3.87. The number of carbonyl (C=O) groups excluding carboxylic acids is 1. The SMILES string of the molecule is CN=Cc1cc(NC(=O)c2ccc(N3CCNCC3)c3cn(C)nc23)c(OC)c(C)c1N. The Morgan fingerprint density at radius 3 is 2.78 bits per heavy atom. The van der Waals surface area contributed by atoms with Crippen LogP contribution in [-0.4, -0.2) is 62.2 Å². The average molecular weight is 436 g/mol. The molecular weight excluding hydrogens is 406 g/mol. The van der Waals surface area contributed by atoms with Crippen LogP contribution in [0.1, 0.15) is 21.5 Å². The quantitative estimate of drug-likeness (QED) is 0.419. The highest BCUT2D eigenvalue weighted by Gasteiger charge is 2.22. The van der Waals surface area contributed by atoms with Crippen LogP contribution in [0.2, 0.25) is 0 Å². The molecule has 2 heterocycles. The first-order valence-electron chi connectivity index (χ1n) is 10.6. The monoisotopic (exact) mass is 435 g/mol. The first-order valence-corrected chi connectivity index (χ1v) is 10.6. The molecule has 1 saturated heterocycles. The molecule has 0 atom stereocenters. The minimum absolute atomic E-state index is 0.262. The molecule has 4 N–H and O–H groups in total. The van der Waals surface area contributed by atoms with Crippen molar-refractivity contribution in [3.05, 3.63) is 41.1 Å². The summed E-state index contributed by atoms with van der Waals surface area (Å²) in [6.07, 6.45) is 3.63. The van der Waals surface area contributed by atoms with E-state index in [0.717, 1.165) is 48.4 Å². The minimum Gasteiger partial charge on any atom is -0.494 e. The number of benzene rings is 2. The summed E-state index contributed by atoms with van der Waals surface area (Å²) in [6.45, 7) is 5.56. The topological polar surface area (TPSA) is 110 Å². The van der Waals surface area contributed by atoms with E-state index in [-0.39, 0.29) is 5.91 Å². The van der Waals surface area contributed by atoms with Crippen molar-refractivity contribution in [3.63, 3.8) is 0 Å². The van der Waals surface area contributed by atoms with Gasteiger partial charge in [-0.2, -0.15) is 5.10 Å². The van der Waals surface area contributed by atoms with E-state index in [1.54, 1.807) is 31.1 Å². The minimum atomic E-state index is -0.262. The van der Waals surface area contributed by atoms with Crippen molar-refractivity contribution in [2.45, 2.75) is 6.92 Å². The number of hydrogen-bond acceptors (Lipinski definition) is 7. The van der Waals surface area contributed by atoms with Gasteiger partial charge in [0.2, 0.25) is 0 Å². The third-order valence-corrected chi connectivity index (χ3v) is 5.79. The Balaban J connectivity index is 1.74. The maximum absolute atomic E-state index is 13.4. The Morgan fingerprint density at radius 1 is 1.34 bits per heavy atom. The van der Waals surface area contributed by atoms with Crippen LogP contribution in [0.3, 0.4) is 0 Å². The molecule has 2 aromatic carbocycles. The van der Waals surface area contributed by atoms with Gasteiger partial charge in [-0.05, 0) is 25.1 Å². The number of anilines is 3. The van der Waals surface area contributed by atoms with E-state index in [1.165, 1.54) is 0 Å². The van der Waals surface area contributed by atoms with Crippen LogP contribution in [-0.2, 0) is 7.05 Å². The molecule has 3 aromatic rings. The Hall–Kier alpha value is -3.59. The lowest BCUT2D eigenvalue weighted by molar-refractivity contribution is 0.102. The van der Waals surface area contributed by atoms with Gasteiger partial charge in [0.1, 0.15) is 11.3 Å². The summed E-state index contributed by atoms with van der Waals surface area (Å²) in [7, 11) is 5.10. The van der Waals surface area contributed by atoms with E-state index in [0.29, 0.717) is 28.2 Å². The number of fused-ring (bicyclic) bond motifs is 1. The van der Waals surface area contributed by atoms with Crippen LogP contribution < -0.4 is 26.0 Å². The molecule has 168 valence electrons. The van der Waals surface area contributed by atoms with Crippen molar-refractivity contribution in [3.8, 4) is 5.75 Å². The van der Waals surface area contributed by atoms with Crippen LogP contribution in [0.25, 0.3) is 10.9 Å². The van der Waals surface area contributed by atoms with Crippen LogP contribution in [0.5, 0.6) is 5.75 Å². The molecular formula is C23H29N7O2. The van der Waals surface area contributed by atoms with Crippen molar-refractivity contribution in [2.75, 3.05) is 56.3 Å². The lowest BCUT2D eigenvalue weighted by Gasteiger charge is -2.30. The van der Waals surface area contributed by atoms with Gasteiger partial charge < -0.3 is 26.0 Å². The number of ether oxygens (including phenoxy) is 1. The molecule has 1 fully saturated rings. The highest BCUT2D eigenvalue weighted by atomic mass is 16.5. The number of nitrogens with two attached hydrogens (primary N) is 1. The number of carbonyl (C=O) groups is 1. The van der Waals surface area contributed by atoms with Crippen molar-refractivity contribution in [2.24, 2.45) is 12.0 Å². The van der Waals surface area contributed by atoms with Gasteiger partial charge in [0.05, 0.1) is 18.4 Å². The maximum Gasteiger partial charge on any atom is 0.258 e. The number of amides is 1. The second-order valence-electron chi connectivity index (χ2n) is 7.86. The van der Waals surface area contributed by atoms with Gasteiger partial charge in [-0.25, -0.2) is 0 Å². The molecule has 0 unspecified atom stereocenters. The molecule has 1 aliphatic rings. The summed E-state index contributed by atoms with van der Waals surface area (Å²) in [6, 6.07) is 5.62. The average Bonchev–Trinajstić information content (AvgIpc) is 3.18. The molecule has 0 radical (unpaired) electrons. The fourth-order valence-electron chi connectivity index (χ4n) is 4.20. The number of piperazine rings is 1. The molecule has 1 amide bonds. The van der Waals surface area contributed by atoms with E-state index >= 15 is 0 Å². The molecule has 1 aromatic heterocycles. The van der Waals surface area contributed by atoms with E-state index in [4.69, 9.17) is 10.5 Å². The van der Waals surface area contributed by atoms with Gasteiger partial charge in [-0.1, -0.05) is 0 Å². The molecule has 1 aliphatic heterocycles. The normalized spacial score (nSPS) is 14.3. The van der Waals surface area contributed by atoms with Crippen molar-refractivity contribution in [1.29, 1.82) is 0 Å². The maximum atomic E-state index is 13.4. The summed E-state index contributed by atoms with van der Waals surface area (Å²) in [5.41, 5.74) is 11.0. The number of nitrogens with one attached hydrogen (secondary N) is 2. The molecule has 4 rings (SSSR count). The Kier molecular flexibility index (Phi) is 6.00. The number of rotatable bonds is 5. The molecule has 32 heavy (non-hydrogen) atoms. The van der Waals surface area contributed by atoms with E-state index in [9.17, 15) is 4.79 Å². The summed E-state index contributed by atoms with van der Waals surface area (Å²) < 4.78 is 7.29. The molecule has 0 saturated carbocycles. The van der Waals surface area contributed by atoms with E-state index < -0.39 is 0 Å². The highest BCUT2D eigenvalue weighted by molar-refractivity contribution is 6.14.